The van der Waals surface area contributed by atoms with Crippen molar-refractivity contribution < 1.29 is 9.53 Å². The number of amides is 1. The Bertz CT molecular complexity index is 850. The molecule has 3 aromatic rings. The predicted octanol–water partition coefficient (Wildman–Crippen LogP) is 3.43. The minimum Gasteiger partial charge on any atom is -0.486 e. The maximum Gasteiger partial charge on any atom is 0.248 e. The maximum absolute atomic E-state index is 11.0. The first kappa shape index (κ1) is 17.3. The number of H-pyrrole nitrogens is 1. The van der Waals surface area contributed by atoms with Gasteiger partial charge < -0.3 is 10.5 Å². The Balaban J connectivity index is 1.51. The SMILES string of the molecule is NC(=O)c1ccc(CSc2n[nH]c(COc3ccc(Cl)cc3)n2)cc1. The fraction of sp³-hybridized carbons (Fsp3) is 0.118. The van der Waals surface area contributed by atoms with E-state index >= 15 is 0 Å². The molecule has 1 heterocycles. The molecule has 3 N–H and O–H groups in total. The van der Waals surface area contributed by atoms with Gasteiger partial charge in [0.25, 0.3) is 0 Å². The summed E-state index contributed by atoms with van der Waals surface area (Å²) in [5.41, 5.74) is 6.77. The summed E-state index contributed by atoms with van der Waals surface area (Å²) in [5.74, 6) is 1.61. The fourth-order valence-corrected chi connectivity index (χ4v) is 2.90. The summed E-state index contributed by atoms with van der Waals surface area (Å²) >= 11 is 7.32. The summed E-state index contributed by atoms with van der Waals surface area (Å²) in [7, 11) is 0. The Kier molecular flexibility index (Phi) is 5.57. The first-order valence-electron chi connectivity index (χ1n) is 7.41. The van der Waals surface area contributed by atoms with Crippen molar-refractivity contribution in [2.45, 2.75) is 17.5 Å². The van der Waals surface area contributed by atoms with E-state index in [2.05, 4.69) is 15.2 Å². The first-order chi connectivity index (χ1) is 12.1. The highest BCUT2D eigenvalue weighted by atomic mass is 35.5. The first-order valence-corrected chi connectivity index (χ1v) is 8.78. The lowest BCUT2D eigenvalue weighted by Crippen LogP contribution is -2.10. The van der Waals surface area contributed by atoms with Gasteiger partial charge in [-0.25, -0.2) is 4.98 Å². The number of thioether (sulfide) groups is 1. The number of primary amides is 1. The van der Waals surface area contributed by atoms with E-state index in [1.165, 1.54) is 11.8 Å². The van der Waals surface area contributed by atoms with Crippen molar-refractivity contribution in [3.63, 3.8) is 0 Å². The molecule has 0 spiro atoms. The molecule has 2 aromatic carbocycles. The third-order valence-corrected chi connectivity index (χ3v) is 4.48. The van der Waals surface area contributed by atoms with E-state index in [1.54, 1.807) is 36.4 Å². The molecule has 0 saturated carbocycles. The molecule has 0 saturated heterocycles. The monoisotopic (exact) mass is 374 g/mol. The summed E-state index contributed by atoms with van der Waals surface area (Å²) < 4.78 is 5.61. The molecule has 0 fully saturated rings. The molecule has 0 aliphatic heterocycles. The largest absolute Gasteiger partial charge is 0.486 e. The highest BCUT2D eigenvalue weighted by Crippen LogP contribution is 2.20. The summed E-state index contributed by atoms with van der Waals surface area (Å²) in [4.78, 5) is 15.4. The predicted molar refractivity (Wildman–Crippen MR) is 96.7 cm³/mol. The molecule has 25 heavy (non-hydrogen) atoms. The molecule has 1 amide bonds. The van der Waals surface area contributed by atoms with Crippen LogP contribution in [-0.2, 0) is 12.4 Å². The summed E-state index contributed by atoms with van der Waals surface area (Å²) in [5, 5.41) is 8.30. The zero-order valence-corrected chi connectivity index (χ0v) is 14.7. The van der Waals surface area contributed by atoms with Gasteiger partial charge in [-0.3, -0.25) is 9.89 Å². The van der Waals surface area contributed by atoms with Crippen LogP contribution in [-0.4, -0.2) is 21.1 Å². The number of carbonyl (C=O) groups is 1. The van der Waals surface area contributed by atoms with Gasteiger partial charge in [0.1, 0.15) is 12.4 Å². The second kappa shape index (κ2) is 8.04. The third kappa shape index (κ3) is 4.98. The van der Waals surface area contributed by atoms with Crippen molar-refractivity contribution in [3.05, 3.63) is 70.5 Å². The Morgan fingerprint density at radius 2 is 1.88 bits per heavy atom. The minimum absolute atomic E-state index is 0.294. The summed E-state index contributed by atoms with van der Waals surface area (Å²) in [6, 6.07) is 14.3. The van der Waals surface area contributed by atoms with Gasteiger partial charge in [-0.2, -0.15) is 0 Å². The molecule has 0 unspecified atom stereocenters. The molecule has 6 nitrogen and oxygen atoms in total. The zero-order valence-electron chi connectivity index (χ0n) is 13.1. The number of carbonyl (C=O) groups excluding carboxylic acids is 1. The second-order valence-electron chi connectivity index (χ2n) is 5.16. The quantitative estimate of drug-likeness (QED) is 0.618. The van der Waals surface area contributed by atoms with Crippen LogP contribution in [0.3, 0.4) is 0 Å². The number of halogens is 1. The van der Waals surface area contributed by atoms with Gasteiger partial charge in [-0.1, -0.05) is 35.5 Å². The topological polar surface area (TPSA) is 93.9 Å². The van der Waals surface area contributed by atoms with Crippen LogP contribution >= 0.6 is 23.4 Å². The van der Waals surface area contributed by atoms with Crippen molar-refractivity contribution in [3.8, 4) is 5.75 Å². The van der Waals surface area contributed by atoms with E-state index < -0.39 is 5.91 Å². The molecule has 128 valence electrons. The lowest BCUT2D eigenvalue weighted by Gasteiger charge is -2.03. The van der Waals surface area contributed by atoms with E-state index in [9.17, 15) is 4.79 Å². The molecule has 0 radical (unpaired) electrons. The lowest BCUT2D eigenvalue weighted by atomic mass is 10.1. The number of aromatic amines is 1. The van der Waals surface area contributed by atoms with E-state index in [4.69, 9.17) is 22.1 Å². The van der Waals surface area contributed by atoms with Gasteiger partial charge >= 0.3 is 0 Å². The van der Waals surface area contributed by atoms with Crippen LogP contribution < -0.4 is 10.5 Å². The highest BCUT2D eigenvalue weighted by molar-refractivity contribution is 7.98. The Morgan fingerprint density at radius 3 is 2.56 bits per heavy atom. The number of ether oxygens (including phenoxy) is 1. The fourth-order valence-electron chi connectivity index (χ4n) is 2.00. The van der Waals surface area contributed by atoms with E-state index in [1.807, 2.05) is 12.1 Å². The van der Waals surface area contributed by atoms with Gasteiger partial charge in [0.05, 0.1) is 0 Å². The molecular formula is C17H15ClN4O2S. The second-order valence-corrected chi connectivity index (χ2v) is 6.54. The van der Waals surface area contributed by atoms with Gasteiger partial charge in [-0.05, 0) is 42.0 Å². The van der Waals surface area contributed by atoms with Crippen LogP contribution in [0.5, 0.6) is 5.75 Å². The molecule has 0 bridgehead atoms. The summed E-state index contributed by atoms with van der Waals surface area (Å²) in [6.07, 6.45) is 0. The van der Waals surface area contributed by atoms with Crippen LogP contribution in [0.15, 0.2) is 53.7 Å². The smallest absolute Gasteiger partial charge is 0.248 e. The number of nitrogens with one attached hydrogen (secondary N) is 1. The number of rotatable bonds is 7. The Morgan fingerprint density at radius 1 is 1.16 bits per heavy atom. The molecule has 1 aromatic heterocycles. The number of benzene rings is 2. The minimum atomic E-state index is -0.432. The van der Waals surface area contributed by atoms with Gasteiger partial charge in [-0.15, -0.1) is 5.10 Å². The average Bonchev–Trinajstić information content (AvgIpc) is 3.08. The van der Waals surface area contributed by atoms with Gasteiger partial charge in [0.2, 0.25) is 11.1 Å². The van der Waals surface area contributed by atoms with E-state index in [0.717, 1.165) is 5.56 Å². The van der Waals surface area contributed by atoms with Crippen LogP contribution in [0.1, 0.15) is 21.7 Å². The molecule has 0 aliphatic carbocycles. The van der Waals surface area contributed by atoms with Crippen molar-refractivity contribution in [2.24, 2.45) is 5.73 Å². The standard InChI is InChI=1S/C17H15ClN4O2S/c18-13-5-7-14(8-6-13)24-9-15-20-17(22-21-15)25-10-11-1-3-12(4-2-11)16(19)23/h1-8H,9-10H2,(H2,19,23)(H,20,21,22). The molecular weight excluding hydrogens is 360 g/mol. The van der Waals surface area contributed by atoms with Crippen LogP contribution in [0, 0.1) is 0 Å². The number of hydrogen-bond donors (Lipinski definition) is 2. The summed E-state index contributed by atoms with van der Waals surface area (Å²) in [6.45, 7) is 0.294. The van der Waals surface area contributed by atoms with Crippen molar-refractivity contribution in [1.82, 2.24) is 15.2 Å². The number of nitrogens with zero attached hydrogens (tertiary/aromatic N) is 2. The normalized spacial score (nSPS) is 10.6. The van der Waals surface area contributed by atoms with Crippen LogP contribution in [0.4, 0.5) is 0 Å². The molecule has 0 aliphatic rings. The van der Waals surface area contributed by atoms with Crippen LogP contribution in [0.2, 0.25) is 5.02 Å². The van der Waals surface area contributed by atoms with Crippen molar-refractivity contribution >= 4 is 29.3 Å². The van der Waals surface area contributed by atoms with Crippen molar-refractivity contribution in [2.75, 3.05) is 0 Å². The van der Waals surface area contributed by atoms with Crippen molar-refractivity contribution in [1.29, 1.82) is 0 Å². The van der Waals surface area contributed by atoms with Gasteiger partial charge in [0.15, 0.2) is 5.82 Å². The van der Waals surface area contributed by atoms with E-state index in [-0.39, 0.29) is 0 Å². The maximum atomic E-state index is 11.0. The number of aromatic nitrogens is 3. The molecule has 3 rings (SSSR count). The Labute approximate surface area is 153 Å². The molecule has 8 heteroatoms. The lowest BCUT2D eigenvalue weighted by molar-refractivity contribution is 0.100. The Hall–Kier alpha value is -2.51. The van der Waals surface area contributed by atoms with E-state index in [0.29, 0.717) is 39.7 Å². The molecule has 0 atom stereocenters. The average molecular weight is 375 g/mol. The third-order valence-electron chi connectivity index (χ3n) is 3.31. The highest BCUT2D eigenvalue weighted by Gasteiger charge is 2.06. The zero-order chi connectivity index (χ0) is 17.6. The van der Waals surface area contributed by atoms with Gasteiger partial charge in [0, 0.05) is 16.3 Å². The van der Waals surface area contributed by atoms with Crippen LogP contribution in [0.25, 0.3) is 0 Å². The number of nitrogens with two attached hydrogens (primary N) is 1. The number of hydrogen-bond acceptors (Lipinski definition) is 5.